The minimum atomic E-state index is -3.33. The van der Waals surface area contributed by atoms with E-state index in [2.05, 4.69) is 45.9 Å². The highest BCUT2D eigenvalue weighted by Crippen LogP contribution is 2.38. The van der Waals surface area contributed by atoms with Gasteiger partial charge < -0.3 is 4.74 Å². The molecule has 5 heteroatoms. The van der Waals surface area contributed by atoms with Gasteiger partial charge in [-0.05, 0) is 79.6 Å². The molecule has 0 amide bonds. The Kier molecular flexibility index (Phi) is 9.99. The lowest BCUT2D eigenvalue weighted by Crippen LogP contribution is -2.04. The van der Waals surface area contributed by atoms with Gasteiger partial charge in [0.05, 0.1) is 24.6 Å². The summed E-state index contributed by atoms with van der Waals surface area (Å²) in [5.74, 6) is 0. The van der Waals surface area contributed by atoms with Gasteiger partial charge >= 0.3 is 0 Å². The molecule has 1 rings (SSSR count). The number of epoxide rings is 1. The van der Waals surface area contributed by atoms with Crippen molar-refractivity contribution in [1.29, 1.82) is 0 Å². The zero-order valence-electron chi connectivity index (χ0n) is 18.0. The van der Waals surface area contributed by atoms with E-state index in [1.165, 1.54) is 16.7 Å². The Labute approximate surface area is 166 Å². The molecule has 27 heavy (non-hydrogen) atoms. The van der Waals surface area contributed by atoms with Crippen molar-refractivity contribution in [2.24, 2.45) is 0 Å². The molecule has 1 heterocycles. The number of rotatable bonds is 13. The molecule has 156 valence electrons. The van der Waals surface area contributed by atoms with Crippen molar-refractivity contribution in [1.82, 2.24) is 0 Å². The number of unbranched alkanes of at least 4 members (excludes halogenated alkanes) is 1. The van der Waals surface area contributed by atoms with Crippen LogP contribution in [-0.2, 0) is 19.0 Å². The normalized spacial score (nSPS) is 20.8. The van der Waals surface area contributed by atoms with Crippen molar-refractivity contribution in [2.75, 3.05) is 12.9 Å². The van der Waals surface area contributed by atoms with Gasteiger partial charge in [-0.25, -0.2) is 0 Å². The summed E-state index contributed by atoms with van der Waals surface area (Å²) in [4.78, 5) is 0. The molecule has 0 radical (unpaired) electrons. The van der Waals surface area contributed by atoms with Gasteiger partial charge in [0, 0.05) is 0 Å². The lowest BCUT2D eigenvalue weighted by molar-refractivity contribution is 0.320. The van der Waals surface area contributed by atoms with E-state index in [1.54, 1.807) is 0 Å². The molecule has 1 aliphatic heterocycles. The average molecular weight is 399 g/mol. The summed E-state index contributed by atoms with van der Waals surface area (Å²) in [6.07, 6.45) is 15.5. The maximum absolute atomic E-state index is 10.9. The minimum Gasteiger partial charge on any atom is -0.367 e. The van der Waals surface area contributed by atoms with Crippen LogP contribution in [0.2, 0.25) is 0 Å². The van der Waals surface area contributed by atoms with E-state index in [1.807, 2.05) is 6.92 Å². The van der Waals surface area contributed by atoms with E-state index in [-0.39, 0.29) is 12.2 Å². The number of ether oxygens (including phenoxy) is 1. The Hall–Kier alpha value is -0.910. The summed E-state index contributed by atoms with van der Waals surface area (Å²) < 4.78 is 32.2. The molecule has 0 aliphatic carbocycles. The molecular weight excluding hydrogens is 360 g/mol. The summed E-state index contributed by atoms with van der Waals surface area (Å²) >= 11 is 0. The highest BCUT2D eigenvalue weighted by Gasteiger charge is 2.46. The topological polar surface area (TPSA) is 55.9 Å². The first-order valence-electron chi connectivity index (χ1n) is 9.99. The third-order valence-corrected chi connectivity index (χ3v) is 5.54. The van der Waals surface area contributed by atoms with Crippen LogP contribution in [-0.4, -0.2) is 33.0 Å². The Morgan fingerprint density at radius 3 is 1.93 bits per heavy atom. The van der Waals surface area contributed by atoms with Crippen molar-refractivity contribution >= 4 is 10.1 Å². The van der Waals surface area contributed by atoms with Crippen LogP contribution in [0, 0.1) is 0 Å². The largest absolute Gasteiger partial charge is 0.367 e. The molecule has 4 nitrogen and oxygen atoms in total. The zero-order valence-corrected chi connectivity index (χ0v) is 18.8. The highest BCUT2D eigenvalue weighted by atomic mass is 32.2. The summed E-state index contributed by atoms with van der Waals surface area (Å²) in [7, 11) is -3.33. The molecule has 0 aromatic carbocycles. The third kappa shape index (κ3) is 12.2. The first-order valence-corrected chi connectivity index (χ1v) is 11.8. The smallest absolute Gasteiger partial charge is 0.264 e. The average Bonchev–Trinajstić information content (AvgIpc) is 3.15. The number of allylic oxidation sites excluding steroid dienone is 5. The predicted molar refractivity (Wildman–Crippen MR) is 113 cm³/mol. The van der Waals surface area contributed by atoms with Crippen LogP contribution in [0.1, 0.15) is 79.6 Å². The van der Waals surface area contributed by atoms with Crippen LogP contribution in [0.15, 0.2) is 34.9 Å². The van der Waals surface area contributed by atoms with Gasteiger partial charge in [-0.1, -0.05) is 34.9 Å². The van der Waals surface area contributed by atoms with Gasteiger partial charge in [0.25, 0.3) is 10.1 Å². The molecule has 1 unspecified atom stereocenters. The van der Waals surface area contributed by atoms with Gasteiger partial charge in [-0.2, -0.15) is 8.42 Å². The zero-order chi connectivity index (χ0) is 20.5. The van der Waals surface area contributed by atoms with Crippen LogP contribution >= 0.6 is 0 Å². The van der Waals surface area contributed by atoms with Gasteiger partial charge in [0.1, 0.15) is 0 Å². The van der Waals surface area contributed by atoms with Crippen LogP contribution in [0.3, 0.4) is 0 Å². The monoisotopic (exact) mass is 398 g/mol. The van der Waals surface area contributed by atoms with Crippen LogP contribution in [0.25, 0.3) is 0 Å². The van der Waals surface area contributed by atoms with Crippen molar-refractivity contribution in [3.05, 3.63) is 34.9 Å². The lowest BCUT2D eigenvalue weighted by Gasteiger charge is -2.03. The second-order valence-corrected chi connectivity index (χ2v) is 9.94. The summed E-state index contributed by atoms with van der Waals surface area (Å²) in [6, 6.07) is 0. The molecule has 0 saturated carbocycles. The standard InChI is InChI=1S/C22H38O4S/c1-18(10-7-8-11-20(3)16-17-25-27(6,23)24)12-9-13-19(2)14-15-21-22(4,5)26-21/h10-11,13,21H,7-9,12,14-17H2,1-6H3/b18-10+,19-13+,20-11+. The third-order valence-electron chi connectivity index (χ3n) is 4.94. The van der Waals surface area contributed by atoms with Gasteiger partial charge in [0.2, 0.25) is 0 Å². The Bertz CT molecular complexity index is 654. The first-order chi connectivity index (χ1) is 12.5. The highest BCUT2D eigenvalue weighted by molar-refractivity contribution is 7.85. The van der Waals surface area contributed by atoms with E-state index < -0.39 is 10.1 Å². The van der Waals surface area contributed by atoms with Crippen molar-refractivity contribution in [3.63, 3.8) is 0 Å². The van der Waals surface area contributed by atoms with Gasteiger partial charge in [0.15, 0.2) is 0 Å². The molecule has 1 fully saturated rings. The second kappa shape index (κ2) is 11.2. The summed E-state index contributed by atoms with van der Waals surface area (Å²) in [5, 5.41) is 0. The van der Waals surface area contributed by atoms with Crippen LogP contribution in [0.5, 0.6) is 0 Å². The maximum atomic E-state index is 10.9. The molecule has 0 aromatic heterocycles. The molecule has 0 bridgehead atoms. The van der Waals surface area contributed by atoms with E-state index in [0.717, 1.165) is 44.8 Å². The van der Waals surface area contributed by atoms with Gasteiger partial charge in [-0.15, -0.1) is 0 Å². The van der Waals surface area contributed by atoms with Crippen LogP contribution < -0.4 is 0 Å². The molecule has 1 atom stereocenters. The lowest BCUT2D eigenvalue weighted by atomic mass is 10.0. The first kappa shape index (κ1) is 24.1. The molecule has 0 N–H and O–H groups in total. The summed E-state index contributed by atoms with van der Waals surface area (Å²) in [5.41, 5.74) is 4.17. The molecule has 0 aromatic rings. The molecule has 0 spiro atoms. The second-order valence-electron chi connectivity index (χ2n) is 8.29. The fourth-order valence-corrected chi connectivity index (χ4v) is 3.35. The van der Waals surface area contributed by atoms with E-state index in [0.29, 0.717) is 12.5 Å². The van der Waals surface area contributed by atoms with Crippen molar-refractivity contribution in [2.45, 2.75) is 91.3 Å². The Morgan fingerprint density at radius 2 is 1.41 bits per heavy atom. The maximum Gasteiger partial charge on any atom is 0.264 e. The van der Waals surface area contributed by atoms with Crippen molar-refractivity contribution in [3.8, 4) is 0 Å². The summed E-state index contributed by atoms with van der Waals surface area (Å²) in [6.45, 7) is 11.0. The minimum absolute atomic E-state index is 0.104. The van der Waals surface area contributed by atoms with E-state index >= 15 is 0 Å². The van der Waals surface area contributed by atoms with Crippen LogP contribution in [0.4, 0.5) is 0 Å². The SMILES string of the molecule is C/C(=C\CC/C=C(\C)CCOS(C)(=O)=O)CC/C=C(\C)CCC1OC1(C)C. The fourth-order valence-electron chi connectivity index (χ4n) is 2.96. The van der Waals surface area contributed by atoms with Gasteiger partial charge in [-0.3, -0.25) is 4.18 Å². The van der Waals surface area contributed by atoms with E-state index in [9.17, 15) is 8.42 Å². The Morgan fingerprint density at radius 1 is 0.926 bits per heavy atom. The fraction of sp³-hybridized carbons (Fsp3) is 0.727. The molecule has 1 aliphatic rings. The predicted octanol–water partition coefficient (Wildman–Crippen LogP) is 5.71. The molecular formula is C22H38O4S. The Balaban J connectivity index is 2.15. The van der Waals surface area contributed by atoms with Crippen molar-refractivity contribution < 1.29 is 17.3 Å². The number of hydrogen-bond donors (Lipinski definition) is 0. The number of hydrogen-bond acceptors (Lipinski definition) is 4. The quantitative estimate of drug-likeness (QED) is 0.173. The molecule has 1 saturated heterocycles. The van der Waals surface area contributed by atoms with E-state index in [4.69, 9.17) is 8.92 Å².